The summed E-state index contributed by atoms with van der Waals surface area (Å²) in [6.45, 7) is 2.58. The van der Waals surface area contributed by atoms with E-state index in [4.69, 9.17) is 0 Å². The molecule has 3 saturated carbocycles. The molecule has 5 aliphatic rings. The molecule has 0 bridgehead atoms. The van der Waals surface area contributed by atoms with Gasteiger partial charge in [0.05, 0.1) is 0 Å². The van der Waals surface area contributed by atoms with E-state index in [9.17, 15) is 0 Å². The second kappa shape index (κ2) is 4.23. The summed E-state index contributed by atoms with van der Waals surface area (Å²) in [7, 11) is 0. The number of hydrogen-bond donors (Lipinski definition) is 0. The minimum atomic E-state index is 0.379. The summed E-state index contributed by atoms with van der Waals surface area (Å²) >= 11 is 0. The lowest BCUT2D eigenvalue weighted by molar-refractivity contribution is 0.100. The lowest BCUT2D eigenvalue weighted by Gasteiger charge is -2.44. The first-order valence-corrected chi connectivity index (χ1v) is 10.0. The first-order valence-electron chi connectivity index (χ1n) is 10.0. The lowest BCUT2D eigenvalue weighted by Crippen LogP contribution is -2.37. The van der Waals surface area contributed by atoms with E-state index in [1.54, 1.807) is 5.57 Å². The second-order valence-corrected chi connectivity index (χ2v) is 9.31. The van der Waals surface area contributed by atoms with E-state index in [0.29, 0.717) is 16.2 Å². The Morgan fingerprint density at radius 3 is 2.96 bits per heavy atom. The van der Waals surface area contributed by atoms with Crippen molar-refractivity contribution in [2.75, 3.05) is 0 Å². The molecular formula is C23H27N. The van der Waals surface area contributed by atoms with E-state index in [1.165, 1.54) is 56.9 Å². The van der Waals surface area contributed by atoms with Gasteiger partial charge in [0, 0.05) is 17.8 Å². The molecule has 124 valence electrons. The molecule has 1 nitrogen and oxygen atoms in total. The average molecular weight is 317 g/mol. The fourth-order valence-electron chi connectivity index (χ4n) is 8.27. The Labute approximate surface area is 145 Å². The molecule has 3 fully saturated rings. The monoisotopic (exact) mass is 317 g/mol. The van der Waals surface area contributed by atoms with Crippen LogP contribution >= 0.6 is 0 Å². The predicted octanol–water partition coefficient (Wildman–Crippen LogP) is 5.79. The molecule has 1 aromatic rings. The number of allylic oxidation sites excluding steroid dienone is 4. The number of nitrogens with zero attached hydrogens (tertiary/aromatic N) is 1. The summed E-state index contributed by atoms with van der Waals surface area (Å²) in [5, 5.41) is 0. The summed E-state index contributed by atoms with van der Waals surface area (Å²) < 4.78 is 0. The number of rotatable bonds is 1. The van der Waals surface area contributed by atoms with Crippen LogP contribution < -0.4 is 0 Å². The van der Waals surface area contributed by atoms with Crippen LogP contribution in [0.3, 0.4) is 0 Å². The third-order valence-corrected chi connectivity index (χ3v) is 8.98. The van der Waals surface area contributed by atoms with Crippen molar-refractivity contribution in [3.63, 3.8) is 0 Å². The molecule has 0 radical (unpaired) electrons. The van der Waals surface area contributed by atoms with Crippen molar-refractivity contribution in [2.45, 2.75) is 58.3 Å². The lowest BCUT2D eigenvalue weighted by atomic mass is 9.59. The highest BCUT2D eigenvalue weighted by atomic mass is 14.9. The number of pyridine rings is 1. The highest BCUT2D eigenvalue weighted by Crippen LogP contribution is 2.90. The standard InChI is InChI=1S/C23H27N/c1-21-12-10-20-22-11-3-2-6-17(22)9-13-23(20,22)19(21)8-7-18(21)16-5-4-14-24-15-16/h4-5,7,9,14-15,19-20H,2-3,6,8,10-13H2,1H3. The molecule has 0 aromatic carbocycles. The van der Waals surface area contributed by atoms with Crippen LogP contribution in [0.5, 0.6) is 0 Å². The predicted molar refractivity (Wildman–Crippen MR) is 97.2 cm³/mol. The van der Waals surface area contributed by atoms with E-state index >= 15 is 0 Å². The minimum absolute atomic E-state index is 0.379. The Morgan fingerprint density at radius 2 is 2.08 bits per heavy atom. The molecule has 0 saturated heterocycles. The van der Waals surface area contributed by atoms with Crippen LogP contribution in [0.25, 0.3) is 5.57 Å². The molecule has 5 atom stereocenters. The molecule has 2 spiro atoms. The summed E-state index contributed by atoms with van der Waals surface area (Å²) in [6, 6.07) is 4.38. The van der Waals surface area contributed by atoms with Crippen LogP contribution in [0.2, 0.25) is 0 Å². The van der Waals surface area contributed by atoms with E-state index in [0.717, 1.165) is 11.8 Å². The summed E-state index contributed by atoms with van der Waals surface area (Å²) in [5.74, 6) is 1.89. The van der Waals surface area contributed by atoms with Gasteiger partial charge < -0.3 is 0 Å². The van der Waals surface area contributed by atoms with Gasteiger partial charge in [0.1, 0.15) is 0 Å². The second-order valence-electron chi connectivity index (χ2n) is 9.31. The molecule has 24 heavy (non-hydrogen) atoms. The maximum atomic E-state index is 4.41. The Hall–Kier alpha value is -1.37. The van der Waals surface area contributed by atoms with Crippen LogP contribution in [0.15, 0.2) is 42.3 Å². The van der Waals surface area contributed by atoms with E-state index in [-0.39, 0.29) is 0 Å². The number of aromatic nitrogens is 1. The van der Waals surface area contributed by atoms with Gasteiger partial charge in [0.2, 0.25) is 0 Å². The summed E-state index contributed by atoms with van der Waals surface area (Å²) in [4.78, 5) is 4.41. The Bertz CT molecular complexity index is 774. The van der Waals surface area contributed by atoms with Gasteiger partial charge in [-0.1, -0.05) is 37.1 Å². The Balaban J connectivity index is 1.43. The molecule has 0 aliphatic heterocycles. The van der Waals surface area contributed by atoms with Crippen molar-refractivity contribution in [3.8, 4) is 0 Å². The van der Waals surface area contributed by atoms with Crippen molar-refractivity contribution >= 4 is 5.57 Å². The van der Waals surface area contributed by atoms with Gasteiger partial charge in [-0.3, -0.25) is 4.98 Å². The Kier molecular flexibility index (Phi) is 2.45. The van der Waals surface area contributed by atoms with Gasteiger partial charge in [-0.2, -0.15) is 0 Å². The summed E-state index contributed by atoms with van der Waals surface area (Å²) in [5.41, 5.74) is 6.53. The minimum Gasteiger partial charge on any atom is -0.264 e. The van der Waals surface area contributed by atoms with Crippen LogP contribution in [0.4, 0.5) is 0 Å². The molecule has 0 N–H and O–H groups in total. The first-order chi connectivity index (χ1) is 11.7. The molecule has 0 amide bonds. The molecule has 1 aromatic heterocycles. The third-order valence-electron chi connectivity index (χ3n) is 8.98. The van der Waals surface area contributed by atoms with Gasteiger partial charge in [-0.05, 0) is 84.8 Å². The smallest absolute Gasteiger partial charge is 0.0343 e. The van der Waals surface area contributed by atoms with Gasteiger partial charge >= 0.3 is 0 Å². The largest absolute Gasteiger partial charge is 0.264 e. The van der Waals surface area contributed by atoms with Crippen molar-refractivity contribution in [2.24, 2.45) is 28.1 Å². The van der Waals surface area contributed by atoms with E-state index in [2.05, 4.69) is 42.4 Å². The van der Waals surface area contributed by atoms with Crippen molar-refractivity contribution in [1.29, 1.82) is 0 Å². The van der Waals surface area contributed by atoms with Gasteiger partial charge in [0.25, 0.3) is 0 Å². The van der Waals surface area contributed by atoms with Crippen LogP contribution in [-0.4, -0.2) is 4.98 Å². The van der Waals surface area contributed by atoms with Crippen LogP contribution in [-0.2, 0) is 0 Å². The zero-order chi connectivity index (χ0) is 16.0. The highest BCUT2D eigenvalue weighted by molar-refractivity contribution is 5.73. The molecule has 1 heterocycles. The molecule has 5 aliphatic carbocycles. The Morgan fingerprint density at radius 1 is 1.12 bits per heavy atom. The van der Waals surface area contributed by atoms with Crippen molar-refractivity contribution in [1.82, 2.24) is 4.98 Å². The molecular weight excluding hydrogens is 290 g/mol. The quantitative estimate of drug-likeness (QED) is 0.597. The maximum Gasteiger partial charge on any atom is 0.0343 e. The van der Waals surface area contributed by atoms with Crippen molar-refractivity contribution in [3.05, 3.63) is 47.8 Å². The van der Waals surface area contributed by atoms with Gasteiger partial charge in [-0.15, -0.1) is 0 Å². The summed E-state index contributed by atoms with van der Waals surface area (Å²) in [6.07, 6.45) is 20.6. The molecule has 5 unspecified atom stereocenters. The zero-order valence-corrected chi connectivity index (χ0v) is 14.7. The third kappa shape index (κ3) is 1.29. The highest BCUT2D eigenvalue weighted by Gasteiger charge is 2.83. The fraction of sp³-hybridized carbons (Fsp3) is 0.609. The van der Waals surface area contributed by atoms with Crippen LogP contribution in [0.1, 0.15) is 63.9 Å². The van der Waals surface area contributed by atoms with E-state index in [1.807, 2.05) is 11.8 Å². The number of hydrogen-bond acceptors (Lipinski definition) is 1. The SMILES string of the molecule is CC12CCC3C45CCCCC4=CCC35C1CC=C2c1cccnc1. The van der Waals surface area contributed by atoms with Gasteiger partial charge in [-0.25, -0.2) is 0 Å². The van der Waals surface area contributed by atoms with Crippen LogP contribution in [0, 0.1) is 28.1 Å². The maximum absolute atomic E-state index is 4.41. The average Bonchev–Trinajstić information content (AvgIpc) is 2.90. The van der Waals surface area contributed by atoms with E-state index < -0.39 is 0 Å². The normalized spacial score (nSPS) is 47.9. The first kappa shape index (κ1) is 13.9. The zero-order valence-electron chi connectivity index (χ0n) is 14.7. The topological polar surface area (TPSA) is 12.9 Å². The fourth-order valence-corrected chi connectivity index (χ4v) is 8.27. The number of fused-ring (bicyclic) bond motifs is 1. The van der Waals surface area contributed by atoms with Gasteiger partial charge in [0.15, 0.2) is 0 Å². The van der Waals surface area contributed by atoms with Crippen molar-refractivity contribution < 1.29 is 0 Å². The molecule has 6 rings (SSSR count). The molecule has 1 heteroatoms.